The van der Waals surface area contributed by atoms with Crippen LogP contribution < -0.4 is 4.90 Å². The van der Waals surface area contributed by atoms with Crippen molar-refractivity contribution in [3.8, 4) is 0 Å². The molecule has 18 heavy (non-hydrogen) atoms. The number of ether oxygens (including phenoxy) is 1. The van der Waals surface area contributed by atoms with Gasteiger partial charge in [-0.2, -0.15) is 0 Å². The van der Waals surface area contributed by atoms with Crippen molar-refractivity contribution in [2.24, 2.45) is 0 Å². The Bertz CT molecular complexity index is 464. The minimum absolute atomic E-state index is 0.150. The number of hydrogen-bond donors (Lipinski definition) is 0. The predicted molar refractivity (Wildman–Crippen MR) is 70.8 cm³/mol. The molecule has 0 radical (unpaired) electrons. The maximum atomic E-state index is 12.4. The van der Waals surface area contributed by atoms with E-state index in [1.165, 1.54) is 11.1 Å². The monoisotopic (exact) mass is 245 g/mol. The van der Waals surface area contributed by atoms with Crippen LogP contribution in [0.3, 0.4) is 0 Å². The summed E-state index contributed by atoms with van der Waals surface area (Å²) in [7, 11) is 0. The van der Waals surface area contributed by atoms with E-state index in [0.29, 0.717) is 0 Å². The van der Waals surface area contributed by atoms with E-state index in [9.17, 15) is 4.79 Å². The lowest BCUT2D eigenvalue weighted by Gasteiger charge is -2.31. The maximum Gasteiger partial charge on any atom is 0.256 e. The molecule has 1 aromatic carbocycles. The van der Waals surface area contributed by atoms with E-state index in [-0.39, 0.29) is 12.0 Å². The van der Waals surface area contributed by atoms with Crippen LogP contribution in [0.5, 0.6) is 0 Å². The molecule has 0 aromatic heterocycles. The minimum Gasteiger partial charge on any atom is -0.368 e. The molecule has 1 amide bonds. The second-order valence-corrected chi connectivity index (χ2v) is 5.23. The van der Waals surface area contributed by atoms with Gasteiger partial charge in [0.15, 0.2) is 0 Å². The summed E-state index contributed by atoms with van der Waals surface area (Å²) in [6, 6.07) is 6.36. The third kappa shape index (κ3) is 2.03. The molecule has 2 aliphatic rings. The minimum atomic E-state index is -0.211. The molecule has 3 rings (SSSR count). The van der Waals surface area contributed by atoms with Crippen LogP contribution >= 0.6 is 0 Å². The summed E-state index contributed by atoms with van der Waals surface area (Å²) < 4.78 is 5.52. The van der Waals surface area contributed by atoms with E-state index in [1.54, 1.807) is 0 Å². The Morgan fingerprint density at radius 3 is 3.06 bits per heavy atom. The summed E-state index contributed by atoms with van der Waals surface area (Å²) in [5, 5.41) is 0. The molecule has 0 spiro atoms. The molecule has 3 nitrogen and oxygen atoms in total. The third-order valence-electron chi connectivity index (χ3n) is 3.82. The molecule has 0 unspecified atom stereocenters. The van der Waals surface area contributed by atoms with Crippen LogP contribution in [-0.4, -0.2) is 25.2 Å². The van der Waals surface area contributed by atoms with Gasteiger partial charge in [-0.05, 0) is 44.2 Å². The first kappa shape index (κ1) is 11.7. The SMILES string of the molecule is Cc1ccc2c(c1)CCCN2C(=O)[C@H]1CCCO1. The molecule has 0 aliphatic carbocycles. The van der Waals surface area contributed by atoms with Crippen molar-refractivity contribution in [3.63, 3.8) is 0 Å². The number of benzene rings is 1. The normalized spacial score (nSPS) is 22.9. The molecule has 3 heteroatoms. The Morgan fingerprint density at radius 2 is 2.28 bits per heavy atom. The molecule has 96 valence electrons. The molecule has 0 bridgehead atoms. The van der Waals surface area contributed by atoms with Crippen LogP contribution in [-0.2, 0) is 16.0 Å². The number of aryl methyl sites for hydroxylation is 2. The molecule has 0 N–H and O–H groups in total. The van der Waals surface area contributed by atoms with E-state index in [0.717, 1.165) is 44.5 Å². The van der Waals surface area contributed by atoms with Gasteiger partial charge in [0.25, 0.3) is 5.91 Å². The fourth-order valence-corrected chi connectivity index (χ4v) is 2.90. The molecular weight excluding hydrogens is 226 g/mol. The first-order valence-electron chi connectivity index (χ1n) is 6.78. The first-order chi connectivity index (χ1) is 8.75. The third-order valence-corrected chi connectivity index (χ3v) is 3.82. The lowest BCUT2D eigenvalue weighted by atomic mass is 9.99. The number of amides is 1. The van der Waals surface area contributed by atoms with E-state index in [2.05, 4.69) is 25.1 Å². The molecule has 0 saturated carbocycles. The summed E-state index contributed by atoms with van der Waals surface area (Å²) >= 11 is 0. The zero-order valence-corrected chi connectivity index (χ0v) is 10.8. The number of hydrogen-bond acceptors (Lipinski definition) is 2. The molecule has 1 aromatic rings. The average Bonchev–Trinajstić information content (AvgIpc) is 2.90. The number of rotatable bonds is 1. The van der Waals surface area contributed by atoms with E-state index in [1.807, 2.05) is 4.90 Å². The Morgan fingerprint density at radius 1 is 1.39 bits per heavy atom. The number of carbonyl (C=O) groups is 1. The smallest absolute Gasteiger partial charge is 0.256 e. The summed E-state index contributed by atoms with van der Waals surface area (Å²) in [5.41, 5.74) is 3.65. The van der Waals surface area contributed by atoms with Crippen molar-refractivity contribution in [1.82, 2.24) is 0 Å². The fourth-order valence-electron chi connectivity index (χ4n) is 2.90. The van der Waals surface area contributed by atoms with Gasteiger partial charge in [0.2, 0.25) is 0 Å². The lowest BCUT2D eigenvalue weighted by molar-refractivity contribution is -0.127. The zero-order chi connectivity index (χ0) is 12.5. The van der Waals surface area contributed by atoms with Crippen LogP contribution in [0.15, 0.2) is 18.2 Å². The summed E-state index contributed by atoms with van der Waals surface area (Å²) in [5.74, 6) is 0.150. The van der Waals surface area contributed by atoms with Gasteiger partial charge in [0.05, 0.1) is 0 Å². The standard InChI is InChI=1S/C15H19NO2/c1-11-6-7-13-12(10-11)4-2-8-16(13)15(17)14-5-3-9-18-14/h6-7,10,14H,2-5,8-9H2,1H3/t14-/m1/s1. The van der Waals surface area contributed by atoms with Crippen molar-refractivity contribution in [2.75, 3.05) is 18.1 Å². The fraction of sp³-hybridized carbons (Fsp3) is 0.533. The van der Waals surface area contributed by atoms with Gasteiger partial charge in [-0.25, -0.2) is 0 Å². The van der Waals surface area contributed by atoms with Crippen molar-refractivity contribution in [3.05, 3.63) is 29.3 Å². The van der Waals surface area contributed by atoms with Gasteiger partial charge in [-0.15, -0.1) is 0 Å². The molecular formula is C15H19NO2. The predicted octanol–water partition coefficient (Wildman–Crippen LogP) is 2.45. The highest BCUT2D eigenvalue weighted by atomic mass is 16.5. The van der Waals surface area contributed by atoms with Gasteiger partial charge in [0.1, 0.15) is 6.10 Å². The topological polar surface area (TPSA) is 29.5 Å². The van der Waals surface area contributed by atoms with Crippen LogP contribution in [0, 0.1) is 6.92 Å². The highest BCUT2D eigenvalue weighted by Crippen LogP contribution is 2.29. The molecule has 2 heterocycles. The number of anilines is 1. The van der Waals surface area contributed by atoms with Crippen molar-refractivity contribution in [1.29, 1.82) is 0 Å². The van der Waals surface area contributed by atoms with Crippen LogP contribution in [0.1, 0.15) is 30.4 Å². The second-order valence-electron chi connectivity index (χ2n) is 5.23. The van der Waals surface area contributed by atoms with Crippen LogP contribution in [0.2, 0.25) is 0 Å². The highest BCUT2D eigenvalue weighted by Gasteiger charge is 2.31. The summed E-state index contributed by atoms with van der Waals surface area (Å²) in [4.78, 5) is 14.4. The highest BCUT2D eigenvalue weighted by molar-refractivity contribution is 5.97. The molecule has 1 atom stereocenters. The average molecular weight is 245 g/mol. The molecule has 1 saturated heterocycles. The largest absolute Gasteiger partial charge is 0.368 e. The van der Waals surface area contributed by atoms with Gasteiger partial charge >= 0.3 is 0 Å². The lowest BCUT2D eigenvalue weighted by Crippen LogP contribution is -2.42. The van der Waals surface area contributed by atoms with E-state index in [4.69, 9.17) is 4.74 Å². The van der Waals surface area contributed by atoms with Crippen molar-refractivity contribution in [2.45, 2.75) is 38.7 Å². The zero-order valence-electron chi connectivity index (χ0n) is 10.8. The van der Waals surface area contributed by atoms with E-state index >= 15 is 0 Å². The van der Waals surface area contributed by atoms with Crippen LogP contribution in [0.4, 0.5) is 5.69 Å². The maximum absolute atomic E-state index is 12.4. The van der Waals surface area contributed by atoms with Crippen molar-refractivity contribution < 1.29 is 9.53 Å². The van der Waals surface area contributed by atoms with Crippen molar-refractivity contribution >= 4 is 11.6 Å². The number of carbonyl (C=O) groups excluding carboxylic acids is 1. The Kier molecular flexibility index (Phi) is 3.08. The second kappa shape index (κ2) is 4.73. The summed E-state index contributed by atoms with van der Waals surface area (Å²) in [6.07, 6.45) is 3.79. The van der Waals surface area contributed by atoms with Gasteiger partial charge < -0.3 is 9.64 Å². The van der Waals surface area contributed by atoms with Crippen LogP contribution in [0.25, 0.3) is 0 Å². The molecule has 1 fully saturated rings. The summed E-state index contributed by atoms with van der Waals surface area (Å²) in [6.45, 7) is 3.65. The Hall–Kier alpha value is -1.35. The van der Waals surface area contributed by atoms with Gasteiger partial charge in [0, 0.05) is 18.8 Å². The number of fused-ring (bicyclic) bond motifs is 1. The number of nitrogens with zero attached hydrogens (tertiary/aromatic N) is 1. The van der Waals surface area contributed by atoms with Gasteiger partial charge in [-0.1, -0.05) is 17.7 Å². The van der Waals surface area contributed by atoms with Gasteiger partial charge in [-0.3, -0.25) is 4.79 Å². The molecule has 2 aliphatic heterocycles. The van der Waals surface area contributed by atoms with E-state index < -0.39 is 0 Å². The Balaban J connectivity index is 1.88. The first-order valence-corrected chi connectivity index (χ1v) is 6.78. The Labute approximate surface area is 108 Å². The quantitative estimate of drug-likeness (QED) is 0.760.